The van der Waals surface area contributed by atoms with Crippen LogP contribution in [0, 0.1) is 0 Å². The molecule has 0 fully saturated rings. The van der Waals surface area contributed by atoms with E-state index in [0.717, 1.165) is 29.1 Å². The van der Waals surface area contributed by atoms with E-state index < -0.39 is 0 Å². The molecule has 0 unspecified atom stereocenters. The average Bonchev–Trinajstić information content (AvgIpc) is 3.19. The van der Waals surface area contributed by atoms with Gasteiger partial charge in [0.05, 0.1) is 5.25 Å². The van der Waals surface area contributed by atoms with E-state index in [1.807, 2.05) is 50.2 Å². The number of aromatic nitrogens is 4. The average molecular weight is 454 g/mol. The highest BCUT2D eigenvalue weighted by atomic mass is 32.2. The van der Waals surface area contributed by atoms with Gasteiger partial charge in [0.25, 0.3) is 0 Å². The molecule has 1 aromatic carbocycles. The molecule has 7 nitrogen and oxygen atoms in total. The summed E-state index contributed by atoms with van der Waals surface area (Å²) < 4.78 is 7.56. The van der Waals surface area contributed by atoms with Crippen molar-refractivity contribution in [2.24, 2.45) is 0 Å². The largest absolute Gasteiger partial charge is 0.382 e. The molecule has 0 aliphatic carbocycles. The van der Waals surface area contributed by atoms with Gasteiger partial charge in [-0.25, -0.2) is 0 Å². The Labute approximate surface area is 194 Å². The van der Waals surface area contributed by atoms with E-state index in [9.17, 15) is 4.79 Å². The van der Waals surface area contributed by atoms with E-state index in [4.69, 9.17) is 4.74 Å². The smallest absolute Gasteiger partial charge is 0.237 e. The van der Waals surface area contributed by atoms with E-state index in [1.165, 1.54) is 11.8 Å². The number of rotatable bonds is 11. The van der Waals surface area contributed by atoms with Gasteiger partial charge in [0, 0.05) is 43.4 Å². The van der Waals surface area contributed by atoms with Crippen LogP contribution < -0.4 is 5.32 Å². The Morgan fingerprint density at radius 1 is 1.12 bits per heavy atom. The van der Waals surface area contributed by atoms with Gasteiger partial charge >= 0.3 is 0 Å². The van der Waals surface area contributed by atoms with Gasteiger partial charge in [-0.15, -0.1) is 10.2 Å². The molecular weight excluding hydrogens is 422 g/mol. The molecule has 0 aliphatic rings. The number of ether oxygens (including phenoxy) is 1. The normalized spacial score (nSPS) is 12.2. The maximum Gasteiger partial charge on any atom is 0.237 e. The van der Waals surface area contributed by atoms with Crippen molar-refractivity contribution in [3.8, 4) is 11.4 Å². The van der Waals surface area contributed by atoms with Crippen LogP contribution in [0.5, 0.6) is 0 Å². The van der Waals surface area contributed by atoms with Crippen LogP contribution in [0.2, 0.25) is 0 Å². The summed E-state index contributed by atoms with van der Waals surface area (Å²) in [6.45, 7) is 10.2. The number of nitrogens with zero attached hydrogens (tertiary/aromatic N) is 4. The standard InChI is InChI=1S/C24H31N5O2S/c1-5-31-16-8-15-29-22(19-11-13-25-14-12-19)27-28-24(29)32-18(4)23(30)26-21-10-7-6-9-20(21)17(2)3/h6-7,9-14,17-18H,5,8,15-16H2,1-4H3,(H,26,30)/t18-/m0/s1. The van der Waals surface area contributed by atoms with Crippen molar-refractivity contribution in [3.05, 3.63) is 54.4 Å². The van der Waals surface area contributed by atoms with Crippen molar-refractivity contribution < 1.29 is 9.53 Å². The van der Waals surface area contributed by atoms with Crippen molar-refractivity contribution in [2.45, 2.75) is 57.0 Å². The van der Waals surface area contributed by atoms with Crippen molar-refractivity contribution in [2.75, 3.05) is 18.5 Å². The zero-order valence-electron chi connectivity index (χ0n) is 19.1. The number of amides is 1. The maximum absolute atomic E-state index is 13.0. The molecule has 2 aromatic heterocycles. The molecule has 3 aromatic rings. The number of pyridine rings is 1. The molecule has 0 spiro atoms. The predicted octanol–water partition coefficient (Wildman–Crippen LogP) is 5.01. The second kappa shape index (κ2) is 11.8. The van der Waals surface area contributed by atoms with E-state index in [0.29, 0.717) is 30.8 Å². The lowest BCUT2D eigenvalue weighted by molar-refractivity contribution is -0.115. The van der Waals surface area contributed by atoms with E-state index in [-0.39, 0.29) is 11.2 Å². The first-order valence-electron chi connectivity index (χ1n) is 11.0. The molecule has 1 N–H and O–H groups in total. The first-order valence-corrected chi connectivity index (χ1v) is 11.9. The fraction of sp³-hybridized carbons (Fsp3) is 0.417. The molecule has 2 heterocycles. The van der Waals surface area contributed by atoms with Crippen LogP contribution in [0.1, 0.15) is 45.6 Å². The first-order chi connectivity index (χ1) is 15.5. The zero-order valence-corrected chi connectivity index (χ0v) is 19.9. The van der Waals surface area contributed by atoms with Crippen molar-refractivity contribution >= 4 is 23.4 Å². The lowest BCUT2D eigenvalue weighted by Gasteiger charge is -2.17. The van der Waals surface area contributed by atoms with Crippen LogP contribution in [0.4, 0.5) is 5.69 Å². The molecule has 170 valence electrons. The summed E-state index contributed by atoms with van der Waals surface area (Å²) in [6.07, 6.45) is 4.31. The Hall–Kier alpha value is -2.71. The van der Waals surface area contributed by atoms with Crippen LogP contribution in [-0.4, -0.2) is 44.1 Å². The molecule has 0 saturated heterocycles. The van der Waals surface area contributed by atoms with Crippen LogP contribution in [0.3, 0.4) is 0 Å². The molecule has 0 bridgehead atoms. The fourth-order valence-electron chi connectivity index (χ4n) is 3.32. The molecular formula is C24H31N5O2S. The highest BCUT2D eigenvalue weighted by Gasteiger charge is 2.22. The van der Waals surface area contributed by atoms with E-state index >= 15 is 0 Å². The van der Waals surface area contributed by atoms with Crippen LogP contribution in [-0.2, 0) is 16.1 Å². The second-order valence-electron chi connectivity index (χ2n) is 7.74. The van der Waals surface area contributed by atoms with Crippen LogP contribution >= 0.6 is 11.8 Å². The molecule has 0 saturated carbocycles. The Bertz CT molecular complexity index is 1010. The number of carbonyl (C=O) groups excluding carboxylic acids is 1. The van der Waals surface area contributed by atoms with Crippen LogP contribution in [0.15, 0.2) is 53.9 Å². The molecule has 32 heavy (non-hydrogen) atoms. The summed E-state index contributed by atoms with van der Waals surface area (Å²) in [4.78, 5) is 17.1. The highest BCUT2D eigenvalue weighted by molar-refractivity contribution is 8.00. The van der Waals surface area contributed by atoms with Gasteiger partial charge < -0.3 is 14.6 Å². The van der Waals surface area contributed by atoms with Crippen molar-refractivity contribution in [1.82, 2.24) is 19.7 Å². The Balaban J connectivity index is 1.76. The topological polar surface area (TPSA) is 81.9 Å². The summed E-state index contributed by atoms with van der Waals surface area (Å²) >= 11 is 1.41. The number of anilines is 1. The van der Waals surface area contributed by atoms with Crippen molar-refractivity contribution in [1.29, 1.82) is 0 Å². The SMILES string of the molecule is CCOCCCn1c(S[C@@H](C)C(=O)Nc2ccccc2C(C)C)nnc1-c1ccncc1. The Morgan fingerprint density at radius 2 is 1.88 bits per heavy atom. The number of hydrogen-bond donors (Lipinski definition) is 1. The van der Waals surface area contributed by atoms with Gasteiger partial charge in [0.15, 0.2) is 11.0 Å². The maximum atomic E-state index is 13.0. The van der Waals surface area contributed by atoms with Crippen LogP contribution in [0.25, 0.3) is 11.4 Å². The van der Waals surface area contributed by atoms with Crippen molar-refractivity contribution in [3.63, 3.8) is 0 Å². The summed E-state index contributed by atoms with van der Waals surface area (Å²) in [7, 11) is 0. The van der Waals surface area contributed by atoms with Gasteiger partial charge in [-0.2, -0.15) is 0 Å². The number of nitrogens with one attached hydrogen (secondary N) is 1. The minimum absolute atomic E-state index is 0.0579. The summed E-state index contributed by atoms with van der Waals surface area (Å²) in [5.41, 5.74) is 2.92. The fourth-order valence-corrected chi connectivity index (χ4v) is 4.20. The first kappa shape index (κ1) is 23.9. The number of carbonyl (C=O) groups is 1. The minimum Gasteiger partial charge on any atom is -0.382 e. The van der Waals surface area contributed by atoms with Gasteiger partial charge in [0.2, 0.25) is 5.91 Å². The number of para-hydroxylation sites is 1. The van der Waals surface area contributed by atoms with Gasteiger partial charge in [0.1, 0.15) is 0 Å². The van der Waals surface area contributed by atoms with Gasteiger partial charge in [-0.3, -0.25) is 9.78 Å². The number of thioether (sulfide) groups is 1. The monoisotopic (exact) mass is 453 g/mol. The third kappa shape index (κ3) is 6.17. The molecule has 0 aliphatic heterocycles. The minimum atomic E-state index is -0.338. The van der Waals surface area contributed by atoms with Gasteiger partial charge in [-0.05, 0) is 49.9 Å². The third-order valence-corrected chi connectivity index (χ3v) is 6.10. The second-order valence-corrected chi connectivity index (χ2v) is 9.04. The van der Waals surface area contributed by atoms with E-state index in [1.54, 1.807) is 12.4 Å². The quantitative estimate of drug-likeness (QED) is 0.325. The Morgan fingerprint density at radius 3 is 2.59 bits per heavy atom. The number of benzene rings is 1. The molecule has 0 radical (unpaired) electrons. The van der Waals surface area contributed by atoms with E-state index in [2.05, 4.69) is 38.9 Å². The lowest BCUT2D eigenvalue weighted by Crippen LogP contribution is -2.23. The third-order valence-electron chi connectivity index (χ3n) is 5.02. The molecule has 8 heteroatoms. The number of hydrogen-bond acceptors (Lipinski definition) is 6. The zero-order chi connectivity index (χ0) is 22.9. The van der Waals surface area contributed by atoms with Gasteiger partial charge in [-0.1, -0.05) is 43.8 Å². The predicted molar refractivity (Wildman–Crippen MR) is 129 cm³/mol. The molecule has 3 rings (SSSR count). The lowest BCUT2D eigenvalue weighted by atomic mass is 10.0. The summed E-state index contributed by atoms with van der Waals surface area (Å²) in [5.74, 6) is 1.03. The molecule has 1 amide bonds. The molecule has 1 atom stereocenters. The highest BCUT2D eigenvalue weighted by Crippen LogP contribution is 2.29. The Kier molecular flexibility index (Phi) is 8.81. The summed E-state index contributed by atoms with van der Waals surface area (Å²) in [6, 6.07) is 11.8. The summed E-state index contributed by atoms with van der Waals surface area (Å²) in [5, 5.41) is 12.3.